The first-order valence-electron chi connectivity index (χ1n) is 10.00. The maximum Gasteiger partial charge on any atom is 0.502 e. The fraction of sp³-hybridized carbons (Fsp3) is 0.250. The summed E-state index contributed by atoms with van der Waals surface area (Å²) in [6.07, 6.45) is 0. The molecule has 0 aromatic heterocycles. The SMILES string of the molecule is CC1(C)OB(c2c(Oc3cccc(Cl)c3)cccc2Oc2cccc(Cl)c2)OC1(C)C. The highest BCUT2D eigenvalue weighted by molar-refractivity contribution is 6.64. The second-order valence-electron chi connectivity index (χ2n) is 8.38. The van der Waals surface area contributed by atoms with Crippen LogP contribution in [0.4, 0.5) is 0 Å². The molecular weight excluding hydrogens is 434 g/mol. The summed E-state index contributed by atoms with van der Waals surface area (Å²) in [4.78, 5) is 0. The molecule has 1 fully saturated rings. The third kappa shape index (κ3) is 4.70. The van der Waals surface area contributed by atoms with E-state index in [2.05, 4.69) is 0 Å². The summed E-state index contributed by atoms with van der Waals surface area (Å²) >= 11 is 12.3. The molecule has 0 N–H and O–H groups in total. The first-order chi connectivity index (χ1) is 14.6. The first kappa shape index (κ1) is 22.0. The predicted molar refractivity (Wildman–Crippen MR) is 125 cm³/mol. The van der Waals surface area contributed by atoms with Crippen LogP contribution >= 0.6 is 23.2 Å². The van der Waals surface area contributed by atoms with Crippen LogP contribution in [0.2, 0.25) is 10.0 Å². The summed E-state index contributed by atoms with van der Waals surface area (Å²) in [6, 6.07) is 20.0. The van der Waals surface area contributed by atoms with Crippen LogP contribution in [0.25, 0.3) is 0 Å². The van der Waals surface area contributed by atoms with E-state index < -0.39 is 18.3 Å². The molecule has 0 amide bonds. The third-order valence-corrected chi connectivity index (χ3v) is 6.03. The van der Waals surface area contributed by atoms with Gasteiger partial charge in [0.1, 0.15) is 23.0 Å². The Morgan fingerprint density at radius 3 is 1.52 bits per heavy atom. The van der Waals surface area contributed by atoms with Crippen molar-refractivity contribution in [3.63, 3.8) is 0 Å². The van der Waals surface area contributed by atoms with Crippen LogP contribution in [0, 0.1) is 0 Å². The molecule has 3 aromatic carbocycles. The van der Waals surface area contributed by atoms with Crippen molar-refractivity contribution >= 4 is 35.8 Å². The van der Waals surface area contributed by atoms with Gasteiger partial charge < -0.3 is 18.8 Å². The molecule has 0 radical (unpaired) electrons. The predicted octanol–water partition coefficient (Wildman–Crippen LogP) is 6.88. The van der Waals surface area contributed by atoms with Gasteiger partial charge in [-0.25, -0.2) is 0 Å². The quantitative estimate of drug-likeness (QED) is 0.392. The largest absolute Gasteiger partial charge is 0.502 e. The van der Waals surface area contributed by atoms with Crippen molar-refractivity contribution in [2.24, 2.45) is 0 Å². The highest BCUT2D eigenvalue weighted by Gasteiger charge is 2.53. The molecule has 0 unspecified atom stereocenters. The Morgan fingerprint density at radius 1 is 0.677 bits per heavy atom. The van der Waals surface area contributed by atoms with Gasteiger partial charge in [-0.3, -0.25) is 0 Å². The fourth-order valence-electron chi connectivity index (χ4n) is 3.21. The van der Waals surface area contributed by atoms with E-state index in [4.69, 9.17) is 42.0 Å². The molecule has 7 heteroatoms. The van der Waals surface area contributed by atoms with Gasteiger partial charge in [0.05, 0.1) is 16.7 Å². The average Bonchev–Trinajstić information content (AvgIpc) is 2.89. The van der Waals surface area contributed by atoms with Crippen molar-refractivity contribution in [3.05, 3.63) is 76.8 Å². The van der Waals surface area contributed by atoms with E-state index in [0.717, 1.165) is 0 Å². The lowest BCUT2D eigenvalue weighted by molar-refractivity contribution is 0.00578. The van der Waals surface area contributed by atoms with Crippen molar-refractivity contribution in [1.82, 2.24) is 0 Å². The van der Waals surface area contributed by atoms with Crippen LogP contribution in [-0.4, -0.2) is 18.3 Å². The maximum atomic E-state index is 6.32. The van der Waals surface area contributed by atoms with Gasteiger partial charge in [0, 0.05) is 10.0 Å². The number of halogens is 2. The molecule has 1 aliphatic rings. The fourth-order valence-corrected chi connectivity index (χ4v) is 3.57. The Hall–Kier alpha value is -2.18. The molecule has 0 spiro atoms. The first-order valence-corrected chi connectivity index (χ1v) is 10.8. The number of benzene rings is 3. The van der Waals surface area contributed by atoms with Crippen LogP contribution in [0.1, 0.15) is 27.7 Å². The lowest BCUT2D eigenvalue weighted by atomic mass is 9.77. The van der Waals surface area contributed by atoms with Gasteiger partial charge in [-0.05, 0) is 76.2 Å². The van der Waals surface area contributed by atoms with Crippen LogP contribution in [-0.2, 0) is 9.31 Å². The Balaban J connectivity index is 1.78. The van der Waals surface area contributed by atoms with Gasteiger partial charge in [-0.2, -0.15) is 0 Å². The zero-order valence-electron chi connectivity index (χ0n) is 17.8. The van der Waals surface area contributed by atoms with Crippen molar-refractivity contribution in [2.75, 3.05) is 0 Å². The molecule has 4 rings (SSSR count). The topological polar surface area (TPSA) is 36.9 Å². The molecule has 0 bridgehead atoms. The normalized spacial score (nSPS) is 16.9. The van der Waals surface area contributed by atoms with Gasteiger partial charge in [0.25, 0.3) is 0 Å². The van der Waals surface area contributed by atoms with Crippen molar-refractivity contribution in [1.29, 1.82) is 0 Å². The van der Waals surface area contributed by atoms with E-state index >= 15 is 0 Å². The van der Waals surface area contributed by atoms with E-state index in [9.17, 15) is 0 Å². The smallest absolute Gasteiger partial charge is 0.458 e. The van der Waals surface area contributed by atoms with Crippen LogP contribution < -0.4 is 14.9 Å². The monoisotopic (exact) mass is 456 g/mol. The summed E-state index contributed by atoms with van der Waals surface area (Å²) in [5.74, 6) is 2.32. The lowest BCUT2D eigenvalue weighted by Gasteiger charge is -2.32. The Morgan fingerprint density at radius 2 is 1.10 bits per heavy atom. The van der Waals surface area contributed by atoms with E-state index in [-0.39, 0.29) is 0 Å². The van der Waals surface area contributed by atoms with Gasteiger partial charge >= 0.3 is 7.12 Å². The van der Waals surface area contributed by atoms with E-state index in [1.54, 1.807) is 24.3 Å². The second kappa shape index (κ2) is 8.40. The summed E-state index contributed by atoms with van der Waals surface area (Å²) in [6.45, 7) is 8.02. The lowest BCUT2D eigenvalue weighted by Crippen LogP contribution is -2.41. The summed E-state index contributed by atoms with van der Waals surface area (Å²) < 4.78 is 25.0. The van der Waals surface area contributed by atoms with Crippen molar-refractivity contribution in [3.8, 4) is 23.0 Å². The minimum atomic E-state index is -0.686. The highest BCUT2D eigenvalue weighted by atomic mass is 35.5. The summed E-state index contributed by atoms with van der Waals surface area (Å²) in [5, 5.41) is 1.17. The van der Waals surface area contributed by atoms with E-state index in [0.29, 0.717) is 38.5 Å². The minimum Gasteiger partial charge on any atom is -0.458 e. The average molecular weight is 457 g/mol. The Labute approximate surface area is 193 Å². The Bertz CT molecular complexity index is 1020. The van der Waals surface area contributed by atoms with Crippen LogP contribution in [0.15, 0.2) is 66.7 Å². The van der Waals surface area contributed by atoms with Gasteiger partial charge in [0.2, 0.25) is 0 Å². The molecule has 160 valence electrons. The van der Waals surface area contributed by atoms with Gasteiger partial charge in [-0.1, -0.05) is 41.4 Å². The maximum absolute atomic E-state index is 6.32. The van der Waals surface area contributed by atoms with E-state index in [1.165, 1.54) is 0 Å². The second-order valence-corrected chi connectivity index (χ2v) is 9.25. The zero-order chi connectivity index (χ0) is 22.2. The minimum absolute atomic E-state index is 0.520. The number of hydrogen-bond donors (Lipinski definition) is 0. The summed E-state index contributed by atoms with van der Waals surface area (Å²) in [7, 11) is -0.686. The Kier molecular flexibility index (Phi) is 5.97. The van der Waals surface area contributed by atoms with Crippen molar-refractivity contribution < 1.29 is 18.8 Å². The molecule has 3 aromatic rings. The molecule has 1 saturated heterocycles. The number of ether oxygens (including phenoxy) is 2. The third-order valence-electron chi connectivity index (χ3n) is 5.56. The van der Waals surface area contributed by atoms with Gasteiger partial charge in [-0.15, -0.1) is 0 Å². The number of hydrogen-bond acceptors (Lipinski definition) is 4. The highest BCUT2D eigenvalue weighted by Crippen LogP contribution is 2.39. The van der Waals surface area contributed by atoms with Crippen LogP contribution in [0.3, 0.4) is 0 Å². The molecule has 0 atom stereocenters. The standard InChI is InChI=1S/C24H23BCl2O4/c1-23(2)24(3,4)31-25(30-23)22-20(28-18-10-5-8-16(26)14-18)12-7-13-21(22)29-19-11-6-9-17(27)15-19/h5-15H,1-4H3. The molecular formula is C24H23BCl2O4. The van der Waals surface area contributed by atoms with E-state index in [1.807, 2.05) is 70.2 Å². The van der Waals surface area contributed by atoms with Gasteiger partial charge in [0.15, 0.2) is 0 Å². The molecule has 1 aliphatic heterocycles. The zero-order valence-corrected chi connectivity index (χ0v) is 19.3. The molecule has 0 aliphatic carbocycles. The number of rotatable bonds is 5. The van der Waals surface area contributed by atoms with Crippen LogP contribution in [0.5, 0.6) is 23.0 Å². The van der Waals surface area contributed by atoms with Crippen molar-refractivity contribution in [2.45, 2.75) is 38.9 Å². The molecule has 0 saturated carbocycles. The molecule has 31 heavy (non-hydrogen) atoms. The summed E-state index contributed by atoms with van der Waals surface area (Å²) in [5.41, 5.74) is -0.386. The molecule has 1 heterocycles. The molecule has 4 nitrogen and oxygen atoms in total.